The summed E-state index contributed by atoms with van der Waals surface area (Å²) >= 11 is 0. The van der Waals surface area contributed by atoms with Crippen LogP contribution in [-0.2, 0) is 5.54 Å². The highest BCUT2D eigenvalue weighted by atomic mass is 15.2. The third kappa shape index (κ3) is 2.21. The Kier molecular flexibility index (Phi) is 3.64. The van der Waals surface area contributed by atoms with Crippen molar-refractivity contribution in [3.63, 3.8) is 0 Å². The van der Waals surface area contributed by atoms with E-state index in [0.717, 1.165) is 13.1 Å². The molecule has 0 spiro atoms. The van der Waals surface area contributed by atoms with Crippen molar-refractivity contribution < 1.29 is 0 Å². The van der Waals surface area contributed by atoms with Gasteiger partial charge in [-0.2, -0.15) is 0 Å². The summed E-state index contributed by atoms with van der Waals surface area (Å²) in [4.78, 5) is 2.77. The van der Waals surface area contributed by atoms with Crippen molar-refractivity contribution in [3.8, 4) is 0 Å². The van der Waals surface area contributed by atoms with E-state index in [2.05, 4.69) is 42.3 Å². The third-order valence-electron chi connectivity index (χ3n) is 5.25. The summed E-state index contributed by atoms with van der Waals surface area (Å²) in [5, 5.41) is 3.54. The smallest absolute Gasteiger partial charge is 0.0487 e. The fraction of sp³-hybridized carbons (Fsp3) is 0.647. The van der Waals surface area contributed by atoms with Gasteiger partial charge in [0, 0.05) is 5.54 Å². The highest BCUT2D eigenvalue weighted by Gasteiger charge is 2.41. The maximum absolute atomic E-state index is 3.54. The molecule has 104 valence electrons. The molecule has 19 heavy (non-hydrogen) atoms. The Labute approximate surface area is 117 Å². The molecular formula is C17H26N2. The number of aryl methyl sites for hydroxylation is 1. The van der Waals surface area contributed by atoms with Crippen molar-refractivity contribution in [3.05, 3.63) is 34.9 Å². The lowest BCUT2D eigenvalue weighted by atomic mass is 9.77. The van der Waals surface area contributed by atoms with Gasteiger partial charge in [0.05, 0.1) is 0 Å². The monoisotopic (exact) mass is 258 g/mol. The molecule has 1 aromatic carbocycles. The molecule has 2 saturated heterocycles. The molecule has 2 fully saturated rings. The summed E-state index contributed by atoms with van der Waals surface area (Å²) < 4.78 is 0. The summed E-state index contributed by atoms with van der Waals surface area (Å²) in [7, 11) is 0. The molecule has 0 atom stereocenters. The van der Waals surface area contributed by atoms with E-state index in [1.165, 1.54) is 49.9 Å². The van der Waals surface area contributed by atoms with Crippen LogP contribution < -0.4 is 5.32 Å². The Bertz CT molecular complexity index is 441. The standard InChI is InChI=1S/C17H26N2/c1-14-6-5-7-16(15(14)2)17(8-10-18-11-9-17)19-12-3-4-13-19/h5-7,18H,3-4,8-13H2,1-2H3. The Morgan fingerprint density at radius 1 is 1.05 bits per heavy atom. The molecule has 2 aliphatic rings. The number of rotatable bonds is 2. The minimum atomic E-state index is 0.303. The van der Waals surface area contributed by atoms with Gasteiger partial charge >= 0.3 is 0 Å². The zero-order valence-corrected chi connectivity index (χ0v) is 12.3. The Balaban J connectivity index is 2.05. The van der Waals surface area contributed by atoms with Crippen LogP contribution in [0.1, 0.15) is 42.4 Å². The first kappa shape index (κ1) is 13.1. The molecule has 0 amide bonds. The SMILES string of the molecule is Cc1cccc(C2(N3CCCC3)CCNCC2)c1C. The number of hydrogen-bond donors (Lipinski definition) is 1. The van der Waals surface area contributed by atoms with Crippen molar-refractivity contribution in [2.24, 2.45) is 0 Å². The first-order valence-electron chi connectivity index (χ1n) is 7.76. The first-order chi connectivity index (χ1) is 9.24. The Morgan fingerprint density at radius 3 is 2.42 bits per heavy atom. The maximum atomic E-state index is 3.54. The van der Waals surface area contributed by atoms with Crippen LogP contribution in [0.3, 0.4) is 0 Å². The molecule has 2 heteroatoms. The second kappa shape index (κ2) is 5.26. The zero-order valence-electron chi connectivity index (χ0n) is 12.3. The van der Waals surface area contributed by atoms with Crippen LogP contribution in [0.25, 0.3) is 0 Å². The van der Waals surface area contributed by atoms with E-state index in [9.17, 15) is 0 Å². The third-order valence-corrected chi connectivity index (χ3v) is 5.25. The number of nitrogens with zero attached hydrogens (tertiary/aromatic N) is 1. The van der Waals surface area contributed by atoms with Crippen molar-refractivity contribution in [1.29, 1.82) is 0 Å². The topological polar surface area (TPSA) is 15.3 Å². The average molecular weight is 258 g/mol. The van der Waals surface area contributed by atoms with Crippen LogP contribution in [0.15, 0.2) is 18.2 Å². The molecule has 1 aromatic rings. The van der Waals surface area contributed by atoms with Gasteiger partial charge in [-0.3, -0.25) is 4.90 Å². The van der Waals surface area contributed by atoms with E-state index in [-0.39, 0.29) is 0 Å². The van der Waals surface area contributed by atoms with Crippen LogP contribution in [-0.4, -0.2) is 31.1 Å². The minimum absolute atomic E-state index is 0.303. The van der Waals surface area contributed by atoms with Gasteiger partial charge < -0.3 is 5.32 Å². The fourth-order valence-corrected chi connectivity index (χ4v) is 4.00. The van der Waals surface area contributed by atoms with E-state index >= 15 is 0 Å². The molecule has 2 heterocycles. The van der Waals surface area contributed by atoms with Crippen LogP contribution in [0.2, 0.25) is 0 Å². The second-order valence-corrected chi connectivity index (χ2v) is 6.22. The van der Waals surface area contributed by atoms with Gasteiger partial charge in [0.2, 0.25) is 0 Å². The predicted molar refractivity (Wildman–Crippen MR) is 80.5 cm³/mol. The predicted octanol–water partition coefficient (Wildman–Crippen LogP) is 2.98. The van der Waals surface area contributed by atoms with Crippen LogP contribution >= 0.6 is 0 Å². The van der Waals surface area contributed by atoms with Crippen molar-refractivity contribution in [2.75, 3.05) is 26.2 Å². The van der Waals surface area contributed by atoms with E-state index in [4.69, 9.17) is 0 Å². The summed E-state index contributed by atoms with van der Waals surface area (Å²) in [6.07, 6.45) is 5.27. The van der Waals surface area contributed by atoms with Gasteiger partial charge in [0.25, 0.3) is 0 Å². The highest BCUT2D eigenvalue weighted by molar-refractivity contribution is 5.39. The summed E-state index contributed by atoms with van der Waals surface area (Å²) in [6.45, 7) is 9.44. The molecule has 1 N–H and O–H groups in total. The van der Waals surface area contributed by atoms with Gasteiger partial charge in [-0.25, -0.2) is 0 Å². The largest absolute Gasteiger partial charge is 0.317 e. The lowest BCUT2D eigenvalue weighted by Crippen LogP contribution is -2.51. The van der Waals surface area contributed by atoms with Gasteiger partial charge in [0.1, 0.15) is 0 Å². The number of hydrogen-bond acceptors (Lipinski definition) is 2. The van der Waals surface area contributed by atoms with Crippen LogP contribution in [0.4, 0.5) is 0 Å². The van der Waals surface area contributed by atoms with Crippen LogP contribution in [0.5, 0.6) is 0 Å². The number of benzene rings is 1. The van der Waals surface area contributed by atoms with E-state index in [1.54, 1.807) is 5.56 Å². The highest BCUT2D eigenvalue weighted by Crippen LogP contribution is 2.41. The van der Waals surface area contributed by atoms with E-state index in [1.807, 2.05) is 0 Å². The fourth-order valence-electron chi connectivity index (χ4n) is 4.00. The van der Waals surface area contributed by atoms with Gasteiger partial charge in [0.15, 0.2) is 0 Å². The molecule has 3 rings (SSSR count). The van der Waals surface area contributed by atoms with Crippen molar-refractivity contribution in [2.45, 2.75) is 45.1 Å². The minimum Gasteiger partial charge on any atom is -0.317 e. The molecule has 0 bridgehead atoms. The maximum Gasteiger partial charge on any atom is 0.0487 e. The molecular weight excluding hydrogens is 232 g/mol. The number of likely N-dealkylation sites (tertiary alicyclic amines) is 1. The van der Waals surface area contributed by atoms with Crippen LogP contribution in [0, 0.1) is 13.8 Å². The lowest BCUT2D eigenvalue weighted by molar-refractivity contribution is 0.0770. The molecule has 0 radical (unpaired) electrons. The van der Waals surface area contributed by atoms with Crippen molar-refractivity contribution in [1.82, 2.24) is 10.2 Å². The summed E-state index contributed by atoms with van der Waals surface area (Å²) in [5.74, 6) is 0. The molecule has 2 nitrogen and oxygen atoms in total. The van der Waals surface area contributed by atoms with Crippen molar-refractivity contribution >= 4 is 0 Å². The summed E-state index contributed by atoms with van der Waals surface area (Å²) in [6, 6.07) is 6.88. The number of nitrogens with one attached hydrogen (secondary N) is 1. The normalized spacial score (nSPS) is 23.7. The average Bonchev–Trinajstić information content (AvgIpc) is 2.97. The first-order valence-corrected chi connectivity index (χ1v) is 7.76. The lowest BCUT2D eigenvalue weighted by Gasteiger charge is -2.46. The van der Waals surface area contributed by atoms with E-state index in [0.29, 0.717) is 5.54 Å². The Hall–Kier alpha value is -0.860. The van der Waals surface area contributed by atoms with Gasteiger partial charge in [-0.15, -0.1) is 0 Å². The van der Waals surface area contributed by atoms with Gasteiger partial charge in [-0.05, 0) is 82.4 Å². The molecule has 0 unspecified atom stereocenters. The Morgan fingerprint density at radius 2 is 1.74 bits per heavy atom. The molecule has 0 aromatic heterocycles. The number of piperidine rings is 1. The quantitative estimate of drug-likeness (QED) is 0.877. The second-order valence-electron chi connectivity index (χ2n) is 6.22. The molecule has 0 aliphatic carbocycles. The molecule has 2 aliphatic heterocycles. The van der Waals surface area contributed by atoms with Gasteiger partial charge in [-0.1, -0.05) is 18.2 Å². The zero-order chi connectivity index (χ0) is 13.3. The summed E-state index contributed by atoms with van der Waals surface area (Å²) in [5.41, 5.74) is 4.85. The molecule has 0 saturated carbocycles. The van der Waals surface area contributed by atoms with E-state index < -0.39 is 0 Å².